The van der Waals surface area contributed by atoms with Crippen molar-refractivity contribution in [2.24, 2.45) is 11.8 Å². The third kappa shape index (κ3) is 4.45. The Balaban J connectivity index is 1.28. The van der Waals surface area contributed by atoms with Crippen LogP contribution in [-0.2, 0) is 9.53 Å². The van der Waals surface area contributed by atoms with Crippen LogP contribution in [0, 0.1) is 25.7 Å². The van der Waals surface area contributed by atoms with Crippen molar-refractivity contribution in [1.82, 2.24) is 14.7 Å². The highest BCUT2D eigenvalue weighted by molar-refractivity contribution is 5.92. The molecule has 0 saturated carbocycles. The number of carbonyl (C=O) groups is 1. The molecule has 2 saturated heterocycles. The number of ether oxygens (including phenoxy) is 1. The average molecular weight is 383 g/mol. The zero-order valence-corrected chi connectivity index (χ0v) is 16.9. The van der Waals surface area contributed by atoms with Crippen LogP contribution in [0.1, 0.15) is 30.7 Å². The van der Waals surface area contributed by atoms with E-state index in [0.29, 0.717) is 5.92 Å². The zero-order valence-electron chi connectivity index (χ0n) is 16.9. The minimum absolute atomic E-state index is 0.103. The number of rotatable bonds is 5. The van der Waals surface area contributed by atoms with Crippen LogP contribution in [0.25, 0.3) is 5.69 Å². The van der Waals surface area contributed by atoms with Gasteiger partial charge in [-0.25, -0.2) is 4.68 Å². The quantitative estimate of drug-likeness (QED) is 0.863. The zero-order chi connectivity index (χ0) is 19.5. The van der Waals surface area contributed by atoms with Crippen molar-refractivity contribution < 1.29 is 9.53 Å². The molecular weight excluding hydrogens is 352 g/mol. The Labute approximate surface area is 166 Å². The van der Waals surface area contributed by atoms with Crippen LogP contribution in [0.2, 0.25) is 0 Å². The van der Waals surface area contributed by atoms with Crippen LogP contribution >= 0.6 is 0 Å². The second-order valence-electron chi connectivity index (χ2n) is 8.18. The van der Waals surface area contributed by atoms with E-state index in [9.17, 15) is 4.79 Å². The third-order valence-corrected chi connectivity index (χ3v) is 5.89. The minimum atomic E-state index is 0.103. The van der Waals surface area contributed by atoms with E-state index in [0.717, 1.165) is 68.5 Å². The minimum Gasteiger partial charge on any atom is -0.381 e. The highest BCUT2D eigenvalue weighted by Crippen LogP contribution is 2.23. The van der Waals surface area contributed by atoms with Crippen LogP contribution < -0.4 is 5.32 Å². The molecule has 4 rings (SSSR count). The van der Waals surface area contributed by atoms with E-state index in [1.807, 2.05) is 42.8 Å². The first-order valence-electron chi connectivity index (χ1n) is 10.3. The summed E-state index contributed by atoms with van der Waals surface area (Å²) < 4.78 is 7.40. The fourth-order valence-electron chi connectivity index (χ4n) is 4.29. The number of benzene rings is 1. The van der Waals surface area contributed by atoms with Gasteiger partial charge in [-0.2, -0.15) is 5.10 Å². The van der Waals surface area contributed by atoms with Crippen molar-refractivity contribution in [3.8, 4) is 5.69 Å². The van der Waals surface area contributed by atoms with Crippen LogP contribution in [0.4, 0.5) is 5.69 Å². The van der Waals surface area contributed by atoms with Gasteiger partial charge in [-0.1, -0.05) is 0 Å². The summed E-state index contributed by atoms with van der Waals surface area (Å²) in [5.41, 5.74) is 3.96. The van der Waals surface area contributed by atoms with Crippen LogP contribution in [0.15, 0.2) is 30.3 Å². The standard InChI is InChI=1S/C22H30N4O2/c1-16-13-17(2)26(24-16)21-5-3-20(4-6-21)23-22(27)19-7-10-25(11-8-19)14-18-9-12-28-15-18/h3-6,13,18-19H,7-12,14-15H2,1-2H3,(H,23,27)/t18-/m0/s1. The molecule has 1 amide bonds. The predicted octanol–water partition coefficient (Wildman–Crippen LogP) is 3.18. The smallest absolute Gasteiger partial charge is 0.227 e. The van der Waals surface area contributed by atoms with Gasteiger partial charge >= 0.3 is 0 Å². The SMILES string of the molecule is Cc1cc(C)n(-c2ccc(NC(=O)C3CCN(C[C@@H]4CCOC4)CC3)cc2)n1. The molecule has 1 aromatic carbocycles. The molecule has 1 aromatic heterocycles. The molecule has 6 heteroatoms. The number of amides is 1. The number of piperidine rings is 1. The molecule has 3 heterocycles. The fourth-order valence-corrected chi connectivity index (χ4v) is 4.29. The molecule has 0 radical (unpaired) electrons. The molecule has 150 valence electrons. The monoisotopic (exact) mass is 382 g/mol. The normalized spacial score (nSPS) is 21.1. The fraction of sp³-hybridized carbons (Fsp3) is 0.545. The van der Waals surface area contributed by atoms with E-state index < -0.39 is 0 Å². The lowest BCUT2D eigenvalue weighted by molar-refractivity contribution is -0.121. The summed E-state index contributed by atoms with van der Waals surface area (Å²) in [7, 11) is 0. The summed E-state index contributed by atoms with van der Waals surface area (Å²) in [6, 6.07) is 9.97. The number of aryl methyl sites for hydroxylation is 2. The van der Waals surface area contributed by atoms with Gasteiger partial charge in [0, 0.05) is 30.5 Å². The molecule has 2 fully saturated rings. The van der Waals surface area contributed by atoms with Crippen LogP contribution in [-0.4, -0.2) is 53.4 Å². The van der Waals surface area contributed by atoms with Crippen LogP contribution in [0.5, 0.6) is 0 Å². The maximum atomic E-state index is 12.7. The average Bonchev–Trinajstić information content (AvgIpc) is 3.32. The molecule has 0 unspecified atom stereocenters. The van der Waals surface area contributed by atoms with Gasteiger partial charge in [0.25, 0.3) is 0 Å². The lowest BCUT2D eigenvalue weighted by Gasteiger charge is -2.32. The number of anilines is 1. The summed E-state index contributed by atoms with van der Waals surface area (Å²) in [6.07, 6.45) is 3.04. The van der Waals surface area contributed by atoms with Gasteiger partial charge in [-0.05, 0) is 82.4 Å². The molecule has 1 N–H and O–H groups in total. The first-order valence-corrected chi connectivity index (χ1v) is 10.3. The van der Waals surface area contributed by atoms with Gasteiger partial charge < -0.3 is 15.0 Å². The van der Waals surface area contributed by atoms with Crippen LogP contribution in [0.3, 0.4) is 0 Å². The van der Waals surface area contributed by atoms with E-state index >= 15 is 0 Å². The van der Waals surface area contributed by atoms with E-state index in [4.69, 9.17) is 4.74 Å². The van der Waals surface area contributed by atoms with Crippen molar-refractivity contribution >= 4 is 11.6 Å². The Morgan fingerprint density at radius 3 is 2.54 bits per heavy atom. The molecule has 28 heavy (non-hydrogen) atoms. The van der Waals surface area contributed by atoms with E-state index in [1.165, 1.54) is 6.42 Å². The van der Waals surface area contributed by atoms with E-state index in [2.05, 4.69) is 21.4 Å². The molecule has 2 aliphatic rings. The first kappa shape index (κ1) is 19.2. The van der Waals surface area contributed by atoms with Gasteiger partial charge in [0.1, 0.15) is 0 Å². The van der Waals surface area contributed by atoms with Crippen molar-refractivity contribution in [2.45, 2.75) is 33.1 Å². The van der Waals surface area contributed by atoms with Gasteiger partial charge in [0.15, 0.2) is 0 Å². The maximum Gasteiger partial charge on any atom is 0.227 e. The number of nitrogens with zero attached hydrogens (tertiary/aromatic N) is 3. The molecule has 0 bridgehead atoms. The lowest BCUT2D eigenvalue weighted by atomic mass is 9.95. The number of nitrogens with one attached hydrogen (secondary N) is 1. The molecule has 0 aliphatic carbocycles. The Hall–Kier alpha value is -2.18. The number of aromatic nitrogens is 2. The maximum absolute atomic E-state index is 12.7. The molecule has 1 atom stereocenters. The summed E-state index contributed by atoms with van der Waals surface area (Å²) in [4.78, 5) is 15.2. The lowest BCUT2D eigenvalue weighted by Crippen LogP contribution is -2.40. The molecule has 2 aliphatic heterocycles. The molecule has 2 aromatic rings. The number of likely N-dealkylation sites (tertiary alicyclic amines) is 1. The van der Waals surface area contributed by atoms with Crippen molar-refractivity contribution in [1.29, 1.82) is 0 Å². The summed E-state index contributed by atoms with van der Waals surface area (Å²) in [6.45, 7) is 8.96. The van der Waals surface area contributed by atoms with Crippen molar-refractivity contribution in [3.63, 3.8) is 0 Å². The Morgan fingerprint density at radius 1 is 1.18 bits per heavy atom. The first-order chi connectivity index (χ1) is 13.6. The van der Waals surface area contributed by atoms with E-state index in [1.54, 1.807) is 0 Å². The molecular formula is C22H30N4O2. The second kappa shape index (κ2) is 8.45. The molecule has 6 nitrogen and oxygen atoms in total. The van der Waals surface area contributed by atoms with Crippen molar-refractivity contribution in [2.75, 3.05) is 38.2 Å². The summed E-state index contributed by atoms with van der Waals surface area (Å²) >= 11 is 0. The highest BCUT2D eigenvalue weighted by atomic mass is 16.5. The predicted molar refractivity (Wildman–Crippen MR) is 110 cm³/mol. The summed E-state index contributed by atoms with van der Waals surface area (Å²) in [5.74, 6) is 0.917. The Kier molecular flexibility index (Phi) is 5.78. The number of hydrogen-bond acceptors (Lipinski definition) is 4. The van der Waals surface area contributed by atoms with Gasteiger partial charge in [-0.3, -0.25) is 4.79 Å². The highest BCUT2D eigenvalue weighted by Gasteiger charge is 2.27. The Bertz CT molecular complexity index is 800. The second-order valence-corrected chi connectivity index (χ2v) is 8.18. The number of hydrogen-bond donors (Lipinski definition) is 1. The Morgan fingerprint density at radius 2 is 1.93 bits per heavy atom. The largest absolute Gasteiger partial charge is 0.381 e. The van der Waals surface area contributed by atoms with Gasteiger partial charge in [0.2, 0.25) is 5.91 Å². The molecule has 0 spiro atoms. The third-order valence-electron chi connectivity index (χ3n) is 5.89. The number of carbonyl (C=O) groups excluding carboxylic acids is 1. The topological polar surface area (TPSA) is 59.4 Å². The van der Waals surface area contributed by atoms with Gasteiger partial charge in [-0.15, -0.1) is 0 Å². The van der Waals surface area contributed by atoms with Crippen molar-refractivity contribution in [3.05, 3.63) is 41.7 Å². The van der Waals surface area contributed by atoms with Gasteiger partial charge in [0.05, 0.1) is 18.0 Å². The van der Waals surface area contributed by atoms with E-state index in [-0.39, 0.29) is 11.8 Å². The summed E-state index contributed by atoms with van der Waals surface area (Å²) in [5, 5.41) is 7.60.